The maximum absolute atomic E-state index is 12.2. The number of aromatic nitrogens is 2. The fourth-order valence-electron chi connectivity index (χ4n) is 2.39. The van der Waals surface area contributed by atoms with Crippen LogP contribution in [-0.4, -0.2) is 21.8 Å². The largest absolute Gasteiger partial charge is 0.398 e. The molecule has 2 aromatic carbocycles. The molecule has 0 aliphatic heterocycles. The SMILES string of the molecule is Nc1cccc2c1C(=O)c1ccccc1C2=O.c1cn[nH]c1. The highest BCUT2D eigenvalue weighted by Gasteiger charge is 2.30. The molecular weight excluding hydrogens is 278 g/mol. The van der Waals surface area contributed by atoms with Gasteiger partial charge in [-0.15, -0.1) is 0 Å². The number of nitrogens with two attached hydrogens (primary N) is 1. The first-order valence-electron chi connectivity index (χ1n) is 6.71. The fraction of sp³-hybridized carbons (Fsp3) is 0. The summed E-state index contributed by atoms with van der Waals surface area (Å²) in [4.78, 5) is 24.4. The van der Waals surface area contributed by atoms with Gasteiger partial charge >= 0.3 is 0 Å². The zero-order valence-corrected chi connectivity index (χ0v) is 11.6. The monoisotopic (exact) mass is 291 g/mol. The summed E-state index contributed by atoms with van der Waals surface area (Å²) in [6.07, 6.45) is 3.46. The van der Waals surface area contributed by atoms with Crippen LogP contribution in [0.4, 0.5) is 5.69 Å². The molecular formula is C17H13N3O2. The molecule has 0 unspecified atom stereocenters. The van der Waals surface area contributed by atoms with Crippen molar-refractivity contribution in [1.29, 1.82) is 0 Å². The maximum atomic E-state index is 12.2. The van der Waals surface area contributed by atoms with Crippen molar-refractivity contribution >= 4 is 17.3 Å². The van der Waals surface area contributed by atoms with Crippen LogP contribution in [0, 0.1) is 0 Å². The second-order valence-corrected chi connectivity index (χ2v) is 4.74. The number of anilines is 1. The molecule has 1 aromatic heterocycles. The zero-order valence-electron chi connectivity index (χ0n) is 11.6. The van der Waals surface area contributed by atoms with Gasteiger partial charge in [0, 0.05) is 34.8 Å². The van der Waals surface area contributed by atoms with Crippen molar-refractivity contribution in [3.63, 3.8) is 0 Å². The summed E-state index contributed by atoms with van der Waals surface area (Å²) >= 11 is 0. The Balaban J connectivity index is 0.000000246. The van der Waals surface area contributed by atoms with Gasteiger partial charge in [-0.3, -0.25) is 14.7 Å². The van der Waals surface area contributed by atoms with Crippen molar-refractivity contribution < 1.29 is 9.59 Å². The van der Waals surface area contributed by atoms with Crippen molar-refractivity contribution in [1.82, 2.24) is 10.2 Å². The lowest BCUT2D eigenvalue weighted by Gasteiger charge is -2.18. The van der Waals surface area contributed by atoms with Gasteiger partial charge < -0.3 is 5.73 Å². The number of nitrogens with zero attached hydrogens (tertiary/aromatic N) is 1. The van der Waals surface area contributed by atoms with E-state index in [9.17, 15) is 9.59 Å². The zero-order chi connectivity index (χ0) is 15.5. The molecule has 0 saturated carbocycles. The number of nitrogen functional groups attached to an aromatic ring is 1. The Hall–Kier alpha value is -3.21. The van der Waals surface area contributed by atoms with Crippen molar-refractivity contribution in [3.05, 3.63) is 83.2 Å². The summed E-state index contributed by atoms with van der Waals surface area (Å²) in [5, 5.41) is 6.21. The minimum absolute atomic E-state index is 0.137. The molecule has 5 heteroatoms. The number of hydrogen-bond donors (Lipinski definition) is 2. The second kappa shape index (κ2) is 5.65. The van der Waals surface area contributed by atoms with Gasteiger partial charge in [0.25, 0.3) is 0 Å². The molecule has 0 radical (unpaired) electrons. The third kappa shape index (κ3) is 2.29. The van der Waals surface area contributed by atoms with Gasteiger partial charge in [-0.2, -0.15) is 5.10 Å². The number of benzene rings is 2. The minimum Gasteiger partial charge on any atom is -0.398 e. The Bertz CT molecular complexity index is 822. The van der Waals surface area contributed by atoms with E-state index in [-0.39, 0.29) is 11.6 Å². The number of fused-ring (bicyclic) bond motifs is 2. The summed E-state index contributed by atoms with van der Waals surface area (Å²) in [6.45, 7) is 0. The van der Waals surface area contributed by atoms with Crippen LogP contribution in [0.1, 0.15) is 31.8 Å². The molecule has 3 aromatic rings. The lowest BCUT2D eigenvalue weighted by atomic mass is 9.83. The Kier molecular flexibility index (Phi) is 3.53. The number of ketones is 2. The quantitative estimate of drug-likeness (QED) is 0.487. The van der Waals surface area contributed by atoms with Crippen LogP contribution < -0.4 is 5.73 Å². The predicted molar refractivity (Wildman–Crippen MR) is 82.7 cm³/mol. The van der Waals surface area contributed by atoms with Crippen LogP contribution in [0.25, 0.3) is 0 Å². The number of nitrogens with one attached hydrogen (secondary N) is 1. The third-order valence-electron chi connectivity index (χ3n) is 3.39. The van der Waals surface area contributed by atoms with E-state index in [0.29, 0.717) is 27.9 Å². The molecule has 22 heavy (non-hydrogen) atoms. The first-order valence-corrected chi connectivity index (χ1v) is 6.71. The van der Waals surface area contributed by atoms with E-state index in [1.165, 1.54) is 0 Å². The van der Waals surface area contributed by atoms with E-state index in [2.05, 4.69) is 10.2 Å². The first-order chi connectivity index (χ1) is 10.7. The van der Waals surface area contributed by atoms with E-state index >= 15 is 0 Å². The molecule has 0 bridgehead atoms. The maximum Gasteiger partial charge on any atom is 0.196 e. The number of hydrogen-bond acceptors (Lipinski definition) is 4. The number of H-pyrrole nitrogens is 1. The van der Waals surface area contributed by atoms with E-state index in [1.54, 1.807) is 54.9 Å². The molecule has 3 N–H and O–H groups in total. The lowest BCUT2D eigenvalue weighted by Crippen LogP contribution is -2.22. The molecule has 108 valence electrons. The van der Waals surface area contributed by atoms with Gasteiger partial charge in [0.15, 0.2) is 11.6 Å². The summed E-state index contributed by atoms with van der Waals surface area (Å²) in [5.74, 6) is -0.309. The van der Waals surface area contributed by atoms with Crippen LogP contribution in [0.15, 0.2) is 60.9 Å². The summed E-state index contributed by atoms with van der Waals surface area (Å²) in [5.41, 5.74) is 7.75. The molecule has 1 heterocycles. The normalized spacial score (nSPS) is 12.0. The van der Waals surface area contributed by atoms with E-state index in [4.69, 9.17) is 5.73 Å². The predicted octanol–water partition coefficient (Wildman–Crippen LogP) is 2.45. The molecule has 0 atom stereocenters. The Morgan fingerprint density at radius 2 is 1.50 bits per heavy atom. The average Bonchev–Trinajstić information content (AvgIpc) is 3.12. The molecule has 4 rings (SSSR count). The van der Waals surface area contributed by atoms with Crippen molar-refractivity contribution in [3.8, 4) is 0 Å². The molecule has 0 fully saturated rings. The second-order valence-electron chi connectivity index (χ2n) is 4.74. The highest BCUT2D eigenvalue weighted by molar-refractivity contribution is 6.29. The number of rotatable bonds is 0. The Labute approximate surface area is 126 Å². The fourth-order valence-corrected chi connectivity index (χ4v) is 2.39. The van der Waals surface area contributed by atoms with Gasteiger partial charge in [-0.25, -0.2) is 0 Å². The van der Waals surface area contributed by atoms with Gasteiger partial charge in [0.1, 0.15) is 0 Å². The molecule has 1 aliphatic rings. The standard InChI is InChI=1S/C14H9NO2.C3H4N2/c15-11-7-3-6-10-12(11)14(17)9-5-2-1-4-8(9)13(10)16;1-2-4-5-3-1/h1-7H,15H2;1-3H,(H,4,5). The summed E-state index contributed by atoms with van der Waals surface area (Å²) in [7, 11) is 0. The highest BCUT2D eigenvalue weighted by atomic mass is 16.1. The smallest absolute Gasteiger partial charge is 0.196 e. The summed E-state index contributed by atoms with van der Waals surface area (Å²) in [6, 6.07) is 13.6. The van der Waals surface area contributed by atoms with Gasteiger partial charge in [-0.1, -0.05) is 36.4 Å². The van der Waals surface area contributed by atoms with Gasteiger partial charge in [-0.05, 0) is 12.1 Å². The van der Waals surface area contributed by atoms with E-state index in [0.717, 1.165) is 0 Å². The van der Waals surface area contributed by atoms with Crippen molar-refractivity contribution in [2.75, 3.05) is 5.73 Å². The Morgan fingerprint density at radius 1 is 0.818 bits per heavy atom. The number of carbonyl (C=O) groups is 2. The first kappa shape index (κ1) is 13.8. The topological polar surface area (TPSA) is 88.8 Å². The Morgan fingerprint density at radius 3 is 2.09 bits per heavy atom. The molecule has 5 nitrogen and oxygen atoms in total. The minimum atomic E-state index is -0.173. The highest BCUT2D eigenvalue weighted by Crippen LogP contribution is 2.30. The van der Waals surface area contributed by atoms with Crippen LogP contribution in [0.3, 0.4) is 0 Å². The van der Waals surface area contributed by atoms with Gasteiger partial charge in [0.2, 0.25) is 0 Å². The molecule has 0 saturated heterocycles. The van der Waals surface area contributed by atoms with Crippen LogP contribution in [0.5, 0.6) is 0 Å². The van der Waals surface area contributed by atoms with Crippen LogP contribution in [-0.2, 0) is 0 Å². The average molecular weight is 291 g/mol. The van der Waals surface area contributed by atoms with Crippen molar-refractivity contribution in [2.45, 2.75) is 0 Å². The summed E-state index contributed by atoms with van der Waals surface area (Å²) < 4.78 is 0. The van der Waals surface area contributed by atoms with Gasteiger partial charge in [0.05, 0.1) is 5.56 Å². The van der Waals surface area contributed by atoms with E-state index < -0.39 is 0 Å². The van der Waals surface area contributed by atoms with Crippen molar-refractivity contribution in [2.24, 2.45) is 0 Å². The third-order valence-corrected chi connectivity index (χ3v) is 3.39. The van der Waals surface area contributed by atoms with Crippen LogP contribution >= 0.6 is 0 Å². The number of aromatic amines is 1. The lowest BCUT2D eigenvalue weighted by molar-refractivity contribution is 0.0979. The van der Waals surface area contributed by atoms with E-state index in [1.807, 2.05) is 6.07 Å². The van der Waals surface area contributed by atoms with Crippen LogP contribution in [0.2, 0.25) is 0 Å². The number of carbonyl (C=O) groups excluding carboxylic acids is 2. The molecule has 0 spiro atoms. The molecule has 1 aliphatic carbocycles. The molecule has 0 amide bonds.